The number of hydrogen-bond donors (Lipinski definition) is 1. The summed E-state index contributed by atoms with van der Waals surface area (Å²) in [5.74, 6) is 0.138. The molecule has 0 unspecified atom stereocenters. The van der Waals surface area contributed by atoms with Gasteiger partial charge in [-0.3, -0.25) is 4.79 Å². The molecule has 2 heterocycles. The van der Waals surface area contributed by atoms with Gasteiger partial charge in [0.05, 0.1) is 6.61 Å². The van der Waals surface area contributed by atoms with Crippen molar-refractivity contribution in [2.45, 2.75) is 141 Å². The molecule has 2 rings (SSSR count). The van der Waals surface area contributed by atoms with Gasteiger partial charge in [0, 0.05) is 52.8 Å². The van der Waals surface area contributed by atoms with Crippen molar-refractivity contribution in [1.29, 1.82) is 0 Å². The maximum absolute atomic E-state index is 11.5. The van der Waals surface area contributed by atoms with Crippen LogP contribution in [0.2, 0.25) is 0 Å². The highest BCUT2D eigenvalue weighted by Gasteiger charge is 2.20. The van der Waals surface area contributed by atoms with Crippen molar-refractivity contribution in [3.05, 3.63) is 12.7 Å². The van der Waals surface area contributed by atoms with Gasteiger partial charge in [0.25, 0.3) is 0 Å². The molecular weight excluding hydrogens is 486 g/mol. The van der Waals surface area contributed by atoms with E-state index in [2.05, 4.69) is 42.5 Å². The summed E-state index contributed by atoms with van der Waals surface area (Å²) in [4.78, 5) is 16.5. The number of carbonyl (C=O) groups excluding carboxylic acids is 1. The molecule has 0 aromatic rings. The molecule has 0 aromatic heterocycles. The zero-order valence-corrected chi connectivity index (χ0v) is 27.9. The number of allylic oxidation sites excluding steroid dienone is 1. The van der Waals surface area contributed by atoms with Gasteiger partial charge in [-0.25, -0.2) is 0 Å². The normalized spacial score (nSPS) is 17.5. The van der Waals surface area contributed by atoms with Crippen LogP contribution in [-0.2, 0) is 14.3 Å². The topological polar surface area (TPSA) is 54.0 Å². The summed E-state index contributed by atoms with van der Waals surface area (Å²) in [5.41, 5.74) is 0. The van der Waals surface area contributed by atoms with E-state index in [1.807, 2.05) is 55.4 Å². The van der Waals surface area contributed by atoms with E-state index in [4.69, 9.17) is 9.47 Å². The lowest BCUT2D eigenvalue weighted by molar-refractivity contribution is -0.121. The maximum Gasteiger partial charge on any atom is 0.221 e. The predicted octanol–water partition coefficient (Wildman–Crippen LogP) is 8.45. The number of rotatable bonds is 13. The van der Waals surface area contributed by atoms with Crippen LogP contribution in [0.4, 0.5) is 0 Å². The first-order valence-electron chi connectivity index (χ1n) is 16.0. The molecule has 2 fully saturated rings. The van der Waals surface area contributed by atoms with Crippen molar-refractivity contribution in [2.24, 2.45) is 0 Å². The molecule has 1 N–H and O–H groups in total. The fourth-order valence-electron chi connectivity index (χ4n) is 4.05. The molecule has 1 amide bonds. The minimum Gasteiger partial charge on any atom is -0.382 e. The van der Waals surface area contributed by atoms with Gasteiger partial charge in [0.15, 0.2) is 0 Å². The van der Waals surface area contributed by atoms with Gasteiger partial charge < -0.3 is 24.6 Å². The second-order valence-electron chi connectivity index (χ2n) is 8.66. The van der Waals surface area contributed by atoms with Crippen LogP contribution in [0.15, 0.2) is 12.7 Å². The Hall–Kier alpha value is -0.950. The molecule has 0 aliphatic carbocycles. The van der Waals surface area contributed by atoms with Gasteiger partial charge in [-0.05, 0) is 92.8 Å². The number of likely N-dealkylation sites (tertiary alicyclic amines) is 2. The van der Waals surface area contributed by atoms with E-state index >= 15 is 0 Å². The van der Waals surface area contributed by atoms with E-state index < -0.39 is 0 Å². The minimum atomic E-state index is 0. The van der Waals surface area contributed by atoms with Crippen LogP contribution in [0.5, 0.6) is 0 Å². The van der Waals surface area contributed by atoms with E-state index in [0.29, 0.717) is 32.2 Å². The summed E-state index contributed by atoms with van der Waals surface area (Å²) < 4.78 is 10.5. The number of hydrogen-bond acceptors (Lipinski definition) is 5. The molecule has 0 spiro atoms. The molecule has 2 saturated heterocycles. The number of nitrogens with zero attached hydrogens (tertiary/aromatic N) is 2. The van der Waals surface area contributed by atoms with Crippen molar-refractivity contribution in [3.8, 4) is 0 Å². The molecule has 6 heteroatoms. The summed E-state index contributed by atoms with van der Waals surface area (Å²) >= 11 is 0. The summed E-state index contributed by atoms with van der Waals surface area (Å²) in [6.45, 7) is 34.2. The van der Waals surface area contributed by atoms with E-state index in [0.717, 1.165) is 32.3 Å². The van der Waals surface area contributed by atoms with Crippen LogP contribution in [0.1, 0.15) is 130 Å². The zero-order valence-electron chi connectivity index (χ0n) is 27.9. The van der Waals surface area contributed by atoms with Crippen molar-refractivity contribution >= 4 is 5.91 Å². The minimum absolute atomic E-state index is 0. The Balaban J connectivity index is -0.000000109. The van der Waals surface area contributed by atoms with Gasteiger partial charge in [0.2, 0.25) is 5.91 Å². The van der Waals surface area contributed by atoms with Gasteiger partial charge in [-0.2, -0.15) is 0 Å². The molecule has 2 aliphatic heterocycles. The third-order valence-corrected chi connectivity index (χ3v) is 5.97. The third-order valence-electron chi connectivity index (χ3n) is 5.97. The van der Waals surface area contributed by atoms with Gasteiger partial charge >= 0.3 is 0 Å². The molecule has 39 heavy (non-hydrogen) atoms. The van der Waals surface area contributed by atoms with E-state index in [1.54, 1.807) is 6.08 Å². The van der Waals surface area contributed by atoms with Crippen LogP contribution < -0.4 is 5.32 Å². The Morgan fingerprint density at radius 3 is 1.72 bits per heavy atom. The van der Waals surface area contributed by atoms with Crippen LogP contribution in [-0.4, -0.2) is 86.9 Å². The monoisotopic (exact) mass is 564 g/mol. The molecule has 0 radical (unpaired) electrons. The summed E-state index contributed by atoms with van der Waals surface area (Å²) in [6, 6.07) is 1.48. The molecule has 242 valence electrons. The van der Waals surface area contributed by atoms with Crippen molar-refractivity contribution in [3.63, 3.8) is 0 Å². The highest BCUT2D eigenvalue weighted by molar-refractivity contribution is 5.76. The molecule has 0 bridgehead atoms. The highest BCUT2D eigenvalue weighted by Crippen LogP contribution is 2.17. The SMILES string of the molecule is C.C=CC.CC.CC.CC.CCOCCCCN1CCC[C@H]1C.CCOCCNC(=O)CCN1CCC[C@H]1C.[HH]. The number of amides is 1. The quantitative estimate of drug-likeness (QED) is 0.180. The van der Waals surface area contributed by atoms with Crippen molar-refractivity contribution in [1.82, 2.24) is 15.1 Å². The summed E-state index contributed by atoms with van der Waals surface area (Å²) in [7, 11) is 0. The lowest BCUT2D eigenvalue weighted by Gasteiger charge is -2.20. The number of carbonyl (C=O) groups is 1. The van der Waals surface area contributed by atoms with E-state index in [9.17, 15) is 4.79 Å². The van der Waals surface area contributed by atoms with E-state index in [-0.39, 0.29) is 14.8 Å². The first-order valence-corrected chi connectivity index (χ1v) is 16.0. The maximum atomic E-state index is 11.5. The standard InChI is InChI=1S/C12H24N2O2.C11H23NO.C3H6.3C2H6.CH4.H2/c1-3-16-10-7-13-12(15)6-9-14-8-4-5-11(14)2;1-3-13-10-5-4-8-12-9-6-7-11(12)2;1-3-2;3*1-2;;/h11H,3-10H2,1-2H3,(H,13,15);11H,3-10H2,1-2H3;3H,1H2,2H3;3*1-2H3;1H4;1H/t2*11-;;;;;;/m11....../s1. The van der Waals surface area contributed by atoms with E-state index in [1.165, 1.54) is 51.6 Å². The van der Waals surface area contributed by atoms with Crippen LogP contribution in [0.3, 0.4) is 0 Å². The molecule has 0 aromatic carbocycles. The van der Waals surface area contributed by atoms with Gasteiger partial charge in [0.1, 0.15) is 0 Å². The second-order valence-corrected chi connectivity index (χ2v) is 8.66. The number of ether oxygens (including phenoxy) is 2. The lowest BCUT2D eigenvalue weighted by Crippen LogP contribution is -2.33. The largest absolute Gasteiger partial charge is 0.382 e. The number of nitrogens with one attached hydrogen (secondary N) is 1. The second kappa shape index (κ2) is 41.5. The molecule has 6 nitrogen and oxygen atoms in total. The lowest BCUT2D eigenvalue weighted by atomic mass is 10.2. The van der Waals surface area contributed by atoms with Gasteiger partial charge in [-0.15, -0.1) is 6.58 Å². The number of unbranched alkanes of at least 4 members (excludes halogenated alkanes) is 1. The van der Waals surface area contributed by atoms with Gasteiger partial charge in [-0.1, -0.05) is 55.0 Å². The smallest absolute Gasteiger partial charge is 0.221 e. The Labute approximate surface area is 249 Å². The zero-order chi connectivity index (χ0) is 30.0. The Morgan fingerprint density at radius 2 is 1.31 bits per heavy atom. The van der Waals surface area contributed by atoms with Crippen LogP contribution in [0, 0.1) is 0 Å². The molecule has 0 saturated carbocycles. The molecular formula is C33H77N3O3. The van der Waals surface area contributed by atoms with Crippen LogP contribution >= 0.6 is 0 Å². The third kappa shape index (κ3) is 33.2. The fraction of sp³-hybridized carbons (Fsp3) is 0.909. The summed E-state index contributed by atoms with van der Waals surface area (Å²) in [6.07, 6.45) is 10.2. The fourth-order valence-corrected chi connectivity index (χ4v) is 4.05. The van der Waals surface area contributed by atoms with Crippen LogP contribution in [0.25, 0.3) is 0 Å². The molecule has 2 aliphatic rings. The first-order chi connectivity index (χ1) is 18.5. The highest BCUT2D eigenvalue weighted by atomic mass is 16.5. The summed E-state index contributed by atoms with van der Waals surface area (Å²) in [5, 5.41) is 2.87. The average Bonchev–Trinajstić information content (AvgIpc) is 3.56. The Kier molecular flexibility index (Phi) is 50.9. The van der Waals surface area contributed by atoms with Crippen molar-refractivity contribution < 1.29 is 15.7 Å². The predicted molar refractivity (Wildman–Crippen MR) is 179 cm³/mol. The Bertz CT molecular complexity index is 457. The van der Waals surface area contributed by atoms with Crippen molar-refractivity contribution in [2.75, 3.05) is 59.2 Å². The molecule has 2 atom stereocenters. The Morgan fingerprint density at radius 1 is 0.872 bits per heavy atom. The average molecular weight is 564 g/mol. The first kappa shape index (κ1) is 47.8.